The van der Waals surface area contributed by atoms with Crippen LogP contribution in [0.15, 0.2) is 106 Å². The molecule has 212 valence electrons. The molecule has 10 heteroatoms. The molecule has 1 heterocycles. The molecule has 1 aliphatic heterocycles. The Morgan fingerprint density at radius 1 is 0.833 bits per heavy atom. The van der Waals surface area contributed by atoms with Gasteiger partial charge in [0.25, 0.3) is 17.7 Å². The van der Waals surface area contributed by atoms with Crippen molar-refractivity contribution in [1.29, 1.82) is 0 Å². The topological polar surface area (TPSA) is 97.0 Å². The van der Waals surface area contributed by atoms with E-state index in [0.717, 1.165) is 22.2 Å². The Kier molecular flexibility index (Phi) is 8.26. The third kappa shape index (κ3) is 5.98. The molecule has 0 radical (unpaired) electrons. The molecule has 8 nitrogen and oxygen atoms in total. The molecule has 0 saturated carbocycles. The predicted octanol–water partition coefficient (Wildman–Crippen LogP) is 6.39. The van der Waals surface area contributed by atoms with E-state index in [9.17, 15) is 18.8 Å². The van der Waals surface area contributed by atoms with E-state index in [1.54, 1.807) is 42.5 Å². The zero-order valence-electron chi connectivity index (χ0n) is 22.9. The van der Waals surface area contributed by atoms with Crippen molar-refractivity contribution in [2.75, 3.05) is 29.8 Å². The molecule has 2 N–H and O–H groups in total. The van der Waals surface area contributed by atoms with Gasteiger partial charge in [-0.15, -0.1) is 0 Å². The minimum Gasteiger partial charge on any atom is -0.497 e. The first-order valence-electron chi connectivity index (χ1n) is 12.8. The third-order valence-corrected chi connectivity index (χ3v) is 7.48. The summed E-state index contributed by atoms with van der Waals surface area (Å²) >= 11 is 1.08. The molecule has 0 saturated heterocycles. The van der Waals surface area contributed by atoms with Gasteiger partial charge in [0.2, 0.25) is 0 Å². The van der Waals surface area contributed by atoms with Crippen molar-refractivity contribution in [2.45, 2.75) is 11.8 Å². The van der Waals surface area contributed by atoms with E-state index in [2.05, 4.69) is 10.6 Å². The lowest BCUT2D eigenvalue weighted by Gasteiger charge is -2.15. The maximum atomic E-state index is 13.6. The standard InChI is InChI=1S/C32H26FN3O5S/c1-19-7-11-21(12-8-19)34-28-29(32(39)36(31(28)38)23-13-9-20(33)10-14-23)42-25-6-4-5-22(17-25)35-30(37)26-16-15-24(40-2)18-27(26)41-3/h4-18,34H,1-3H3,(H,35,37). The molecule has 0 unspecified atom stereocenters. The second-order valence-corrected chi connectivity index (χ2v) is 10.4. The van der Waals surface area contributed by atoms with E-state index in [1.165, 1.54) is 38.5 Å². The van der Waals surface area contributed by atoms with E-state index in [0.29, 0.717) is 33.3 Å². The molecule has 0 fully saturated rings. The fourth-order valence-electron chi connectivity index (χ4n) is 4.26. The van der Waals surface area contributed by atoms with Gasteiger partial charge in [0.05, 0.1) is 25.5 Å². The fourth-order valence-corrected chi connectivity index (χ4v) is 5.25. The van der Waals surface area contributed by atoms with Crippen LogP contribution in [0.5, 0.6) is 11.5 Å². The molecule has 0 spiro atoms. The maximum Gasteiger partial charge on any atom is 0.283 e. The number of methoxy groups -OCH3 is 2. The van der Waals surface area contributed by atoms with E-state index >= 15 is 0 Å². The first-order chi connectivity index (χ1) is 20.3. The van der Waals surface area contributed by atoms with Crippen molar-refractivity contribution in [3.63, 3.8) is 0 Å². The average Bonchev–Trinajstić information content (AvgIpc) is 3.22. The number of imide groups is 1. The summed E-state index contributed by atoms with van der Waals surface area (Å²) in [7, 11) is 2.99. The maximum absolute atomic E-state index is 13.6. The number of ether oxygens (including phenoxy) is 2. The smallest absolute Gasteiger partial charge is 0.283 e. The van der Waals surface area contributed by atoms with Crippen LogP contribution in [0.4, 0.5) is 21.5 Å². The summed E-state index contributed by atoms with van der Waals surface area (Å²) < 4.78 is 24.1. The molecule has 0 atom stereocenters. The van der Waals surface area contributed by atoms with Gasteiger partial charge in [0, 0.05) is 22.3 Å². The Labute approximate surface area is 246 Å². The van der Waals surface area contributed by atoms with Gasteiger partial charge in [0.15, 0.2) is 0 Å². The quantitative estimate of drug-likeness (QED) is 0.220. The van der Waals surface area contributed by atoms with Crippen molar-refractivity contribution in [1.82, 2.24) is 0 Å². The zero-order chi connectivity index (χ0) is 29.8. The lowest BCUT2D eigenvalue weighted by atomic mass is 10.1. The molecule has 4 aromatic rings. The summed E-state index contributed by atoms with van der Waals surface area (Å²) in [4.78, 5) is 42.0. The summed E-state index contributed by atoms with van der Waals surface area (Å²) in [6, 6.07) is 24.3. The summed E-state index contributed by atoms with van der Waals surface area (Å²) in [5.41, 5.74) is 2.80. The summed E-state index contributed by atoms with van der Waals surface area (Å²) in [6.07, 6.45) is 0. The first kappa shape index (κ1) is 28.4. The van der Waals surface area contributed by atoms with Crippen LogP contribution in [0.1, 0.15) is 15.9 Å². The van der Waals surface area contributed by atoms with Crippen LogP contribution >= 0.6 is 11.8 Å². The van der Waals surface area contributed by atoms with E-state index in [1.807, 2.05) is 31.2 Å². The molecular formula is C32H26FN3O5S. The van der Waals surface area contributed by atoms with E-state index in [-0.39, 0.29) is 16.3 Å². The normalized spacial score (nSPS) is 12.9. The highest BCUT2D eigenvalue weighted by atomic mass is 32.2. The number of anilines is 3. The van der Waals surface area contributed by atoms with Crippen molar-refractivity contribution >= 4 is 46.5 Å². The largest absolute Gasteiger partial charge is 0.497 e. The van der Waals surface area contributed by atoms with Crippen LogP contribution in [0.2, 0.25) is 0 Å². The van der Waals surface area contributed by atoms with Gasteiger partial charge >= 0.3 is 0 Å². The Morgan fingerprint density at radius 2 is 1.57 bits per heavy atom. The Bertz CT molecular complexity index is 1700. The molecule has 42 heavy (non-hydrogen) atoms. The fraction of sp³-hybridized carbons (Fsp3) is 0.0938. The Morgan fingerprint density at radius 3 is 2.26 bits per heavy atom. The number of aryl methyl sites for hydroxylation is 1. The SMILES string of the molecule is COc1ccc(C(=O)Nc2cccc(SC3=C(Nc4ccc(C)cc4)C(=O)N(c4ccc(F)cc4)C3=O)c2)c(OC)c1. The second-order valence-electron chi connectivity index (χ2n) is 9.27. The number of nitrogens with one attached hydrogen (secondary N) is 2. The van der Waals surface area contributed by atoms with Crippen molar-refractivity contribution in [3.05, 3.63) is 119 Å². The first-order valence-corrected chi connectivity index (χ1v) is 13.6. The molecule has 0 aliphatic carbocycles. The molecule has 4 aromatic carbocycles. The van der Waals surface area contributed by atoms with Gasteiger partial charge in [0.1, 0.15) is 27.9 Å². The van der Waals surface area contributed by atoms with Gasteiger partial charge in [-0.2, -0.15) is 0 Å². The highest BCUT2D eigenvalue weighted by Crippen LogP contribution is 2.38. The zero-order valence-corrected chi connectivity index (χ0v) is 23.8. The molecule has 3 amide bonds. The second kappa shape index (κ2) is 12.2. The van der Waals surface area contributed by atoms with Crippen LogP contribution in [-0.2, 0) is 9.59 Å². The molecule has 0 aromatic heterocycles. The summed E-state index contributed by atoms with van der Waals surface area (Å²) in [5.74, 6) is -1.09. The van der Waals surface area contributed by atoms with Crippen LogP contribution in [-0.4, -0.2) is 31.9 Å². The summed E-state index contributed by atoms with van der Waals surface area (Å²) in [6.45, 7) is 1.95. The van der Waals surface area contributed by atoms with Gasteiger partial charge in [-0.05, 0) is 73.7 Å². The van der Waals surface area contributed by atoms with Gasteiger partial charge in [-0.1, -0.05) is 35.5 Å². The van der Waals surface area contributed by atoms with Crippen molar-refractivity contribution < 1.29 is 28.2 Å². The highest BCUT2D eigenvalue weighted by Gasteiger charge is 2.40. The average molecular weight is 584 g/mol. The number of nitrogens with zero attached hydrogens (tertiary/aromatic N) is 1. The summed E-state index contributed by atoms with van der Waals surface area (Å²) in [5, 5.41) is 5.95. The lowest BCUT2D eigenvalue weighted by Crippen LogP contribution is -2.32. The molecule has 1 aliphatic rings. The van der Waals surface area contributed by atoms with Gasteiger partial charge < -0.3 is 20.1 Å². The number of halogens is 1. The predicted molar refractivity (Wildman–Crippen MR) is 161 cm³/mol. The molecule has 0 bridgehead atoms. The number of carbonyl (C=O) groups excluding carboxylic acids is 3. The van der Waals surface area contributed by atoms with Crippen LogP contribution in [0.3, 0.4) is 0 Å². The monoisotopic (exact) mass is 583 g/mol. The van der Waals surface area contributed by atoms with Crippen LogP contribution in [0.25, 0.3) is 0 Å². The lowest BCUT2D eigenvalue weighted by molar-refractivity contribution is -0.120. The number of thioether (sulfide) groups is 1. The minimum absolute atomic E-state index is 0.0931. The van der Waals surface area contributed by atoms with E-state index < -0.39 is 23.5 Å². The Balaban J connectivity index is 1.44. The number of hydrogen-bond donors (Lipinski definition) is 2. The van der Waals surface area contributed by atoms with E-state index in [4.69, 9.17) is 9.47 Å². The molecular weight excluding hydrogens is 557 g/mol. The number of rotatable bonds is 9. The number of benzene rings is 4. The van der Waals surface area contributed by atoms with Gasteiger partial charge in [-0.3, -0.25) is 14.4 Å². The minimum atomic E-state index is -0.564. The Hall–Kier alpha value is -5.09. The number of hydrogen-bond acceptors (Lipinski definition) is 7. The van der Waals surface area contributed by atoms with Crippen molar-refractivity contribution in [3.8, 4) is 11.5 Å². The van der Waals surface area contributed by atoms with Gasteiger partial charge in [-0.25, -0.2) is 9.29 Å². The van der Waals surface area contributed by atoms with Crippen LogP contribution < -0.4 is 25.0 Å². The third-order valence-electron chi connectivity index (χ3n) is 6.41. The van der Waals surface area contributed by atoms with Crippen molar-refractivity contribution in [2.24, 2.45) is 0 Å². The number of amides is 3. The number of carbonyl (C=O) groups is 3. The van der Waals surface area contributed by atoms with Crippen LogP contribution in [0, 0.1) is 12.7 Å². The highest BCUT2D eigenvalue weighted by molar-refractivity contribution is 8.04. The molecule has 5 rings (SSSR count).